The van der Waals surface area contributed by atoms with E-state index in [2.05, 4.69) is 92.9 Å². The molecule has 8 rings (SSSR count). The predicted octanol–water partition coefficient (Wildman–Crippen LogP) is 12.5. The van der Waals surface area contributed by atoms with Gasteiger partial charge in [-0.15, -0.1) is 0 Å². The van der Waals surface area contributed by atoms with Crippen LogP contribution in [-0.2, 0) is 0 Å². The van der Waals surface area contributed by atoms with Crippen LogP contribution in [0.3, 0.4) is 0 Å². The maximum atomic E-state index is 14.7. The Morgan fingerprint density at radius 1 is 0.604 bits per heavy atom. The van der Waals surface area contributed by atoms with Gasteiger partial charge in [0.25, 0.3) is 0 Å². The molecule has 2 aromatic heterocycles. The number of benzene rings is 6. The van der Waals surface area contributed by atoms with Crippen molar-refractivity contribution < 1.29 is 13.2 Å². The van der Waals surface area contributed by atoms with E-state index in [1.54, 1.807) is 6.07 Å². The third kappa shape index (κ3) is 4.89. The number of rotatable bonds is 6. The van der Waals surface area contributed by atoms with Crippen LogP contribution >= 0.6 is 0 Å². The van der Waals surface area contributed by atoms with Gasteiger partial charge in [0.1, 0.15) is 28.6 Å². The molecule has 8 aromatic rings. The van der Waals surface area contributed by atoms with Crippen molar-refractivity contribution in [3.05, 3.63) is 144 Å². The Morgan fingerprint density at radius 2 is 1.33 bits per heavy atom. The number of imidazole rings is 1. The van der Waals surface area contributed by atoms with Gasteiger partial charge < -0.3 is 4.42 Å². The largest absolute Gasteiger partial charge is 0.455 e. The van der Waals surface area contributed by atoms with E-state index in [4.69, 9.17) is 9.40 Å². The molecule has 48 heavy (non-hydrogen) atoms. The fourth-order valence-corrected chi connectivity index (χ4v) is 6.91. The average molecular weight is 633 g/mol. The Balaban J connectivity index is 1.41. The van der Waals surface area contributed by atoms with Crippen molar-refractivity contribution in [2.75, 3.05) is 0 Å². The number of halogens is 2. The highest BCUT2D eigenvalue weighted by molar-refractivity contribution is 6.10. The maximum Gasteiger partial charge on any atom is 0.149 e. The van der Waals surface area contributed by atoms with Crippen LogP contribution in [0, 0.1) is 11.6 Å². The molecule has 0 aliphatic heterocycles. The molecule has 0 aliphatic rings. The minimum atomic E-state index is -0.490. The van der Waals surface area contributed by atoms with Gasteiger partial charge in [-0.1, -0.05) is 88.4 Å². The molecule has 0 amide bonds. The van der Waals surface area contributed by atoms with Crippen LogP contribution in [0.25, 0.3) is 72.3 Å². The topological polar surface area (TPSA) is 31.0 Å². The SMILES string of the molecule is CC(C)c1cc(-c2ccccc2)cc(C(C)C)c1-n1c(-c2cccc3c2oc2cc(-c4cc(F)ccc4F)ccc23)nc2ccccc21. The molecule has 6 aromatic carbocycles. The molecule has 0 unspecified atom stereocenters. The summed E-state index contributed by atoms with van der Waals surface area (Å²) in [6.45, 7) is 8.98. The molecule has 0 radical (unpaired) electrons. The number of nitrogens with zero attached hydrogens (tertiary/aromatic N) is 2. The number of furan rings is 1. The highest BCUT2D eigenvalue weighted by Crippen LogP contribution is 2.43. The van der Waals surface area contributed by atoms with E-state index in [1.165, 1.54) is 28.3 Å². The van der Waals surface area contributed by atoms with Crippen LogP contribution in [0.15, 0.2) is 126 Å². The Hall–Kier alpha value is -5.55. The molecule has 0 saturated carbocycles. The lowest BCUT2D eigenvalue weighted by Gasteiger charge is -2.24. The lowest BCUT2D eigenvalue weighted by molar-refractivity contribution is 0.603. The van der Waals surface area contributed by atoms with Crippen LogP contribution in [0.1, 0.15) is 50.7 Å². The summed E-state index contributed by atoms with van der Waals surface area (Å²) >= 11 is 0. The van der Waals surface area contributed by atoms with E-state index < -0.39 is 11.6 Å². The Labute approximate surface area is 278 Å². The molecule has 0 spiro atoms. The van der Waals surface area contributed by atoms with Crippen molar-refractivity contribution >= 4 is 33.0 Å². The first-order valence-corrected chi connectivity index (χ1v) is 16.4. The highest BCUT2D eigenvalue weighted by Gasteiger charge is 2.25. The zero-order valence-corrected chi connectivity index (χ0v) is 27.3. The normalized spacial score (nSPS) is 11.9. The maximum absolute atomic E-state index is 14.7. The third-order valence-corrected chi connectivity index (χ3v) is 9.28. The lowest BCUT2D eigenvalue weighted by Crippen LogP contribution is -2.09. The first-order chi connectivity index (χ1) is 23.3. The summed E-state index contributed by atoms with van der Waals surface area (Å²) in [4.78, 5) is 5.26. The van der Waals surface area contributed by atoms with Crippen molar-refractivity contribution in [1.29, 1.82) is 0 Å². The van der Waals surface area contributed by atoms with E-state index in [1.807, 2.05) is 36.4 Å². The van der Waals surface area contributed by atoms with Crippen LogP contribution in [-0.4, -0.2) is 9.55 Å². The Morgan fingerprint density at radius 3 is 2.08 bits per heavy atom. The summed E-state index contributed by atoms with van der Waals surface area (Å²) in [7, 11) is 0. The van der Waals surface area contributed by atoms with E-state index >= 15 is 0 Å². The van der Waals surface area contributed by atoms with Gasteiger partial charge in [-0.2, -0.15) is 0 Å². The van der Waals surface area contributed by atoms with Gasteiger partial charge >= 0.3 is 0 Å². The summed E-state index contributed by atoms with van der Waals surface area (Å²) in [6.07, 6.45) is 0. The molecule has 0 bridgehead atoms. The predicted molar refractivity (Wildman–Crippen MR) is 193 cm³/mol. The zero-order valence-electron chi connectivity index (χ0n) is 27.3. The van der Waals surface area contributed by atoms with Gasteiger partial charge in [0.05, 0.1) is 22.3 Å². The second kappa shape index (κ2) is 11.6. The van der Waals surface area contributed by atoms with E-state index in [-0.39, 0.29) is 17.4 Å². The molecule has 0 saturated heterocycles. The molecular formula is C43H34F2N2O. The smallest absolute Gasteiger partial charge is 0.149 e. The van der Waals surface area contributed by atoms with E-state index in [9.17, 15) is 8.78 Å². The summed E-state index contributed by atoms with van der Waals surface area (Å²) in [5.74, 6) is 0.281. The van der Waals surface area contributed by atoms with Crippen molar-refractivity contribution in [1.82, 2.24) is 9.55 Å². The minimum Gasteiger partial charge on any atom is -0.455 e. The molecule has 0 fully saturated rings. The van der Waals surface area contributed by atoms with Gasteiger partial charge in [-0.3, -0.25) is 4.57 Å². The zero-order chi connectivity index (χ0) is 33.1. The monoisotopic (exact) mass is 632 g/mol. The molecule has 0 N–H and O–H groups in total. The molecular weight excluding hydrogens is 598 g/mol. The van der Waals surface area contributed by atoms with E-state index in [0.29, 0.717) is 16.7 Å². The van der Waals surface area contributed by atoms with Crippen molar-refractivity contribution in [3.8, 4) is 39.3 Å². The number of hydrogen-bond donors (Lipinski definition) is 0. The quantitative estimate of drug-likeness (QED) is 0.183. The standard InChI is InChI=1S/C43H34F2N2O/c1-25(2)34-21-29(27-11-6-5-7-12-27)22-35(26(3)4)41(34)47-39-16-9-8-15-38(39)46-43(47)33-14-10-13-32-31-19-17-28(23-40(31)48-42(32)33)36-24-30(44)18-20-37(36)45/h5-26H,1-4H3. The first-order valence-electron chi connectivity index (χ1n) is 16.4. The van der Waals surface area contributed by atoms with Crippen molar-refractivity contribution in [2.45, 2.75) is 39.5 Å². The molecule has 2 heterocycles. The highest BCUT2D eigenvalue weighted by atomic mass is 19.1. The van der Waals surface area contributed by atoms with Gasteiger partial charge in [-0.05, 0) is 100 Å². The van der Waals surface area contributed by atoms with Crippen LogP contribution < -0.4 is 0 Å². The summed E-state index contributed by atoms with van der Waals surface area (Å²) in [5.41, 5.74) is 10.8. The fraction of sp³-hybridized carbons (Fsp3) is 0.140. The van der Waals surface area contributed by atoms with E-state index in [0.717, 1.165) is 51.0 Å². The molecule has 0 aliphatic carbocycles. The Kier molecular flexibility index (Phi) is 7.21. The fourth-order valence-electron chi connectivity index (χ4n) is 6.91. The number of aromatic nitrogens is 2. The number of para-hydroxylation sites is 3. The third-order valence-electron chi connectivity index (χ3n) is 9.28. The van der Waals surface area contributed by atoms with Crippen LogP contribution in [0.5, 0.6) is 0 Å². The van der Waals surface area contributed by atoms with Crippen LogP contribution in [0.4, 0.5) is 8.78 Å². The van der Waals surface area contributed by atoms with Gasteiger partial charge in [-0.25, -0.2) is 13.8 Å². The second-order valence-electron chi connectivity index (χ2n) is 13.1. The first kappa shape index (κ1) is 29.8. The van der Waals surface area contributed by atoms with Crippen molar-refractivity contribution in [2.24, 2.45) is 0 Å². The molecule has 3 nitrogen and oxygen atoms in total. The summed E-state index contributed by atoms with van der Waals surface area (Å²) in [5, 5.41) is 1.83. The number of fused-ring (bicyclic) bond motifs is 4. The second-order valence-corrected chi connectivity index (χ2v) is 13.1. The molecule has 5 heteroatoms. The molecule has 236 valence electrons. The minimum absolute atomic E-state index is 0.195. The van der Waals surface area contributed by atoms with Crippen LogP contribution in [0.2, 0.25) is 0 Å². The lowest BCUT2D eigenvalue weighted by atomic mass is 9.88. The summed E-state index contributed by atoms with van der Waals surface area (Å²) < 4.78 is 37.8. The van der Waals surface area contributed by atoms with Crippen molar-refractivity contribution in [3.63, 3.8) is 0 Å². The van der Waals surface area contributed by atoms with Gasteiger partial charge in [0.15, 0.2) is 0 Å². The summed E-state index contributed by atoms with van der Waals surface area (Å²) in [6, 6.07) is 38.6. The van der Waals surface area contributed by atoms with Gasteiger partial charge in [0.2, 0.25) is 0 Å². The Bertz CT molecular complexity index is 2460. The average Bonchev–Trinajstić information content (AvgIpc) is 3.67. The molecule has 0 atom stereocenters. The van der Waals surface area contributed by atoms with Gasteiger partial charge in [0, 0.05) is 16.3 Å². The number of hydrogen-bond acceptors (Lipinski definition) is 2.